The van der Waals surface area contributed by atoms with Gasteiger partial charge in [-0.2, -0.15) is 0 Å². The Balaban J connectivity index is 2.00. The van der Waals surface area contributed by atoms with Crippen LogP contribution in [0.1, 0.15) is 34.3 Å². The van der Waals surface area contributed by atoms with Gasteiger partial charge in [-0.25, -0.2) is 4.39 Å². The van der Waals surface area contributed by atoms with Crippen LogP contribution in [-0.2, 0) is 0 Å². The van der Waals surface area contributed by atoms with E-state index in [1.807, 2.05) is 44.2 Å². The van der Waals surface area contributed by atoms with E-state index in [1.165, 1.54) is 6.07 Å². The van der Waals surface area contributed by atoms with Gasteiger partial charge in [-0.15, -0.1) is 0 Å². The number of amides is 1. The second-order valence-corrected chi connectivity index (χ2v) is 5.01. The van der Waals surface area contributed by atoms with Gasteiger partial charge in [0, 0.05) is 6.54 Å². The molecule has 2 aromatic carbocycles. The number of hydrogen-bond donors (Lipinski definition) is 1. The summed E-state index contributed by atoms with van der Waals surface area (Å²) in [5, 5.41) is 2.79. The molecule has 0 heterocycles. The number of carbonyl (C=O) groups excluding carboxylic acids is 1. The highest BCUT2D eigenvalue weighted by Gasteiger charge is 2.13. The minimum atomic E-state index is -0.486. The van der Waals surface area contributed by atoms with Crippen LogP contribution in [0.25, 0.3) is 0 Å². The fraction of sp³-hybridized carbons (Fsp3) is 0.235. The Hall–Kier alpha value is -2.16. The molecule has 0 fully saturated rings. The molecule has 1 unspecified atom stereocenters. The zero-order valence-electron chi connectivity index (χ0n) is 11.7. The summed E-state index contributed by atoms with van der Waals surface area (Å²) < 4.78 is 13.6. The van der Waals surface area contributed by atoms with Crippen LogP contribution in [0.15, 0.2) is 48.5 Å². The summed E-state index contributed by atoms with van der Waals surface area (Å²) in [5.74, 6) is -0.664. The maximum atomic E-state index is 13.6. The average Bonchev–Trinajstić information content (AvgIpc) is 2.47. The van der Waals surface area contributed by atoms with Crippen LogP contribution in [0.3, 0.4) is 0 Å². The molecule has 0 aliphatic heterocycles. The molecule has 104 valence electrons. The van der Waals surface area contributed by atoms with Gasteiger partial charge in [-0.05, 0) is 30.5 Å². The molecule has 1 N–H and O–H groups in total. The zero-order valence-corrected chi connectivity index (χ0v) is 11.7. The van der Waals surface area contributed by atoms with Crippen LogP contribution in [0, 0.1) is 12.7 Å². The molecule has 20 heavy (non-hydrogen) atoms. The van der Waals surface area contributed by atoms with Crippen molar-refractivity contribution >= 4 is 5.91 Å². The van der Waals surface area contributed by atoms with Crippen LogP contribution in [0.4, 0.5) is 4.39 Å². The molecule has 2 rings (SSSR count). The first-order valence-corrected chi connectivity index (χ1v) is 6.67. The van der Waals surface area contributed by atoms with Gasteiger partial charge in [0.2, 0.25) is 0 Å². The fourth-order valence-corrected chi connectivity index (χ4v) is 2.05. The SMILES string of the molecule is Cc1ccc(F)c(C(=O)NCC(C)c2ccccc2)c1. The van der Waals surface area contributed by atoms with Crippen molar-refractivity contribution in [2.45, 2.75) is 19.8 Å². The van der Waals surface area contributed by atoms with Gasteiger partial charge < -0.3 is 5.32 Å². The minimum absolute atomic E-state index is 0.102. The lowest BCUT2D eigenvalue weighted by molar-refractivity contribution is 0.0947. The maximum absolute atomic E-state index is 13.6. The molecule has 0 bridgehead atoms. The van der Waals surface area contributed by atoms with E-state index >= 15 is 0 Å². The Morgan fingerprint density at radius 3 is 2.60 bits per heavy atom. The van der Waals surface area contributed by atoms with E-state index in [0.29, 0.717) is 6.54 Å². The monoisotopic (exact) mass is 271 g/mol. The third-order valence-corrected chi connectivity index (χ3v) is 3.30. The molecule has 0 aliphatic carbocycles. The summed E-state index contributed by atoms with van der Waals surface area (Å²) in [7, 11) is 0. The standard InChI is InChI=1S/C17H18FNO/c1-12-8-9-16(18)15(10-12)17(20)19-11-13(2)14-6-4-3-5-7-14/h3-10,13H,11H2,1-2H3,(H,19,20). The number of hydrogen-bond acceptors (Lipinski definition) is 1. The number of rotatable bonds is 4. The third-order valence-electron chi connectivity index (χ3n) is 3.30. The average molecular weight is 271 g/mol. The summed E-state index contributed by atoms with van der Waals surface area (Å²) in [4.78, 5) is 12.0. The highest BCUT2D eigenvalue weighted by molar-refractivity contribution is 5.94. The van der Waals surface area contributed by atoms with Gasteiger partial charge in [0.25, 0.3) is 5.91 Å². The lowest BCUT2D eigenvalue weighted by atomic mass is 10.0. The lowest BCUT2D eigenvalue weighted by Crippen LogP contribution is -2.28. The summed E-state index contributed by atoms with van der Waals surface area (Å²) >= 11 is 0. The summed E-state index contributed by atoms with van der Waals surface area (Å²) in [5.41, 5.74) is 2.12. The van der Waals surface area contributed by atoms with Crippen LogP contribution in [0.2, 0.25) is 0 Å². The van der Waals surface area contributed by atoms with Gasteiger partial charge in [-0.3, -0.25) is 4.79 Å². The van der Waals surface area contributed by atoms with E-state index in [-0.39, 0.29) is 17.4 Å². The fourth-order valence-electron chi connectivity index (χ4n) is 2.05. The van der Waals surface area contributed by atoms with Crippen LogP contribution in [-0.4, -0.2) is 12.5 Å². The van der Waals surface area contributed by atoms with Crippen molar-refractivity contribution in [3.63, 3.8) is 0 Å². The molecule has 1 atom stereocenters. The van der Waals surface area contributed by atoms with Crippen LogP contribution in [0.5, 0.6) is 0 Å². The zero-order chi connectivity index (χ0) is 14.5. The molecule has 0 aliphatic rings. The van der Waals surface area contributed by atoms with E-state index < -0.39 is 5.82 Å². The highest BCUT2D eigenvalue weighted by Crippen LogP contribution is 2.14. The first-order chi connectivity index (χ1) is 9.58. The van der Waals surface area contributed by atoms with Crippen molar-refractivity contribution in [2.75, 3.05) is 6.54 Å². The van der Waals surface area contributed by atoms with E-state index in [9.17, 15) is 9.18 Å². The maximum Gasteiger partial charge on any atom is 0.254 e. The van der Waals surface area contributed by atoms with Gasteiger partial charge >= 0.3 is 0 Å². The summed E-state index contributed by atoms with van der Waals surface area (Å²) in [6.07, 6.45) is 0. The van der Waals surface area contributed by atoms with Crippen molar-refractivity contribution in [1.29, 1.82) is 0 Å². The molecule has 1 amide bonds. The van der Waals surface area contributed by atoms with Crippen molar-refractivity contribution in [3.05, 3.63) is 71.0 Å². The number of aryl methyl sites for hydroxylation is 1. The smallest absolute Gasteiger partial charge is 0.254 e. The Morgan fingerprint density at radius 2 is 1.90 bits per heavy atom. The second kappa shape index (κ2) is 6.33. The second-order valence-electron chi connectivity index (χ2n) is 5.01. The summed E-state index contributed by atoms with van der Waals surface area (Å²) in [6, 6.07) is 14.5. The number of nitrogens with one attached hydrogen (secondary N) is 1. The molecular formula is C17H18FNO. The van der Waals surface area contributed by atoms with Crippen LogP contribution >= 0.6 is 0 Å². The normalized spacial score (nSPS) is 11.9. The molecular weight excluding hydrogens is 253 g/mol. The largest absolute Gasteiger partial charge is 0.351 e. The van der Waals surface area contributed by atoms with E-state index in [1.54, 1.807) is 12.1 Å². The predicted octanol–water partition coefficient (Wildman–Crippen LogP) is 3.67. The van der Waals surface area contributed by atoms with Crippen molar-refractivity contribution in [2.24, 2.45) is 0 Å². The Labute approximate surface area is 118 Å². The quantitative estimate of drug-likeness (QED) is 0.903. The predicted molar refractivity (Wildman–Crippen MR) is 78.3 cm³/mol. The van der Waals surface area contributed by atoms with Crippen molar-refractivity contribution < 1.29 is 9.18 Å². The molecule has 0 aromatic heterocycles. The molecule has 2 aromatic rings. The van der Waals surface area contributed by atoms with Gasteiger partial charge in [0.05, 0.1) is 5.56 Å². The molecule has 0 saturated heterocycles. The molecule has 2 nitrogen and oxygen atoms in total. The number of carbonyl (C=O) groups is 1. The number of benzene rings is 2. The van der Waals surface area contributed by atoms with E-state index in [0.717, 1.165) is 11.1 Å². The van der Waals surface area contributed by atoms with E-state index in [2.05, 4.69) is 5.32 Å². The Kier molecular flexibility index (Phi) is 4.51. The Morgan fingerprint density at radius 1 is 1.20 bits per heavy atom. The van der Waals surface area contributed by atoms with Gasteiger partial charge in [-0.1, -0.05) is 48.9 Å². The summed E-state index contributed by atoms with van der Waals surface area (Å²) in [6.45, 7) is 4.35. The topological polar surface area (TPSA) is 29.1 Å². The molecule has 0 spiro atoms. The lowest BCUT2D eigenvalue weighted by Gasteiger charge is -2.13. The minimum Gasteiger partial charge on any atom is -0.351 e. The van der Waals surface area contributed by atoms with Crippen molar-refractivity contribution in [1.82, 2.24) is 5.32 Å². The first-order valence-electron chi connectivity index (χ1n) is 6.67. The van der Waals surface area contributed by atoms with E-state index in [4.69, 9.17) is 0 Å². The molecule has 0 radical (unpaired) electrons. The molecule has 0 saturated carbocycles. The Bertz CT molecular complexity index is 595. The number of halogens is 1. The van der Waals surface area contributed by atoms with Crippen LogP contribution < -0.4 is 5.32 Å². The first kappa shape index (κ1) is 14.3. The van der Waals surface area contributed by atoms with Gasteiger partial charge in [0.15, 0.2) is 0 Å². The highest BCUT2D eigenvalue weighted by atomic mass is 19.1. The van der Waals surface area contributed by atoms with Crippen molar-refractivity contribution in [3.8, 4) is 0 Å². The molecule has 3 heteroatoms. The third kappa shape index (κ3) is 3.44. The van der Waals surface area contributed by atoms with Gasteiger partial charge in [0.1, 0.15) is 5.82 Å².